The summed E-state index contributed by atoms with van der Waals surface area (Å²) in [6, 6.07) is 17.0. The SMILES string of the molecule is COCCn1c(CN2CCC(c3cccc4c3OC(c3ccc(C#N)cc3F)O4)CC2)nc2ccc(C(=O)O)cc21. The highest BCUT2D eigenvalue weighted by Crippen LogP contribution is 2.47. The van der Waals surface area contributed by atoms with Crippen molar-refractivity contribution in [1.82, 2.24) is 14.5 Å². The second-order valence-corrected chi connectivity index (χ2v) is 10.3. The van der Waals surface area contributed by atoms with Crippen LogP contribution in [-0.2, 0) is 17.8 Å². The molecule has 0 aliphatic carbocycles. The normalized spacial score (nSPS) is 17.1. The van der Waals surface area contributed by atoms with Gasteiger partial charge in [-0.1, -0.05) is 12.1 Å². The Balaban J connectivity index is 1.16. The molecule has 2 aliphatic heterocycles. The van der Waals surface area contributed by atoms with Crippen LogP contribution >= 0.6 is 0 Å². The molecule has 0 spiro atoms. The van der Waals surface area contributed by atoms with Gasteiger partial charge in [-0.3, -0.25) is 4.90 Å². The quantitative estimate of drug-likeness (QED) is 0.314. The number of likely N-dealkylation sites (tertiary alicyclic amines) is 1. The smallest absolute Gasteiger partial charge is 0.335 e. The molecule has 1 unspecified atom stereocenters. The topological polar surface area (TPSA) is 110 Å². The summed E-state index contributed by atoms with van der Waals surface area (Å²) < 4.78 is 34.1. The lowest BCUT2D eigenvalue weighted by Crippen LogP contribution is -2.33. The van der Waals surface area contributed by atoms with Crippen molar-refractivity contribution in [3.05, 3.63) is 88.5 Å². The molecule has 4 aromatic rings. The number of nitrogens with zero attached hydrogens (tertiary/aromatic N) is 4. The highest BCUT2D eigenvalue weighted by atomic mass is 19.1. The Kier molecular flexibility index (Phi) is 7.30. The van der Waals surface area contributed by atoms with Gasteiger partial charge in [-0.25, -0.2) is 14.2 Å². The van der Waals surface area contributed by atoms with Gasteiger partial charge < -0.3 is 23.9 Å². The second kappa shape index (κ2) is 11.2. The van der Waals surface area contributed by atoms with Gasteiger partial charge in [-0.05, 0) is 74.3 Å². The molecule has 1 fully saturated rings. The number of hydrogen-bond acceptors (Lipinski definition) is 7. The molecule has 3 aromatic carbocycles. The summed E-state index contributed by atoms with van der Waals surface area (Å²) in [5, 5.41) is 18.5. The van der Waals surface area contributed by atoms with Crippen LogP contribution in [0.4, 0.5) is 4.39 Å². The predicted molar refractivity (Wildman–Crippen MR) is 147 cm³/mol. The third kappa shape index (κ3) is 5.22. The number of methoxy groups -OCH3 is 1. The van der Waals surface area contributed by atoms with Gasteiger partial charge in [0.15, 0.2) is 11.5 Å². The first-order valence-electron chi connectivity index (χ1n) is 13.5. The van der Waals surface area contributed by atoms with Crippen molar-refractivity contribution in [2.24, 2.45) is 0 Å². The first-order chi connectivity index (χ1) is 19.9. The van der Waals surface area contributed by atoms with Crippen molar-refractivity contribution >= 4 is 17.0 Å². The third-order valence-electron chi connectivity index (χ3n) is 7.84. The summed E-state index contributed by atoms with van der Waals surface area (Å²) in [6.07, 6.45) is 0.898. The van der Waals surface area contributed by atoms with E-state index >= 15 is 0 Å². The maximum absolute atomic E-state index is 14.7. The van der Waals surface area contributed by atoms with Crippen LogP contribution in [0.1, 0.15) is 57.9 Å². The molecule has 0 saturated carbocycles. The van der Waals surface area contributed by atoms with E-state index in [0.29, 0.717) is 31.2 Å². The van der Waals surface area contributed by atoms with Crippen molar-refractivity contribution in [2.45, 2.75) is 38.1 Å². The molecule has 41 heavy (non-hydrogen) atoms. The minimum atomic E-state index is -0.967. The number of para-hydroxylation sites is 1. The van der Waals surface area contributed by atoms with E-state index in [9.17, 15) is 14.3 Å². The molecular formula is C31H29FN4O5. The number of hydrogen-bond donors (Lipinski definition) is 1. The van der Waals surface area contributed by atoms with Crippen LogP contribution in [0.2, 0.25) is 0 Å². The van der Waals surface area contributed by atoms with E-state index in [1.54, 1.807) is 31.4 Å². The van der Waals surface area contributed by atoms with Gasteiger partial charge in [0.25, 0.3) is 6.29 Å². The number of fused-ring (bicyclic) bond motifs is 2. The van der Waals surface area contributed by atoms with E-state index in [2.05, 4.69) is 9.47 Å². The number of ether oxygens (including phenoxy) is 3. The average Bonchev–Trinajstić information content (AvgIpc) is 3.57. The number of aromatic nitrogens is 2. The van der Waals surface area contributed by atoms with Gasteiger partial charge >= 0.3 is 5.97 Å². The fraction of sp³-hybridized carbons (Fsp3) is 0.323. The van der Waals surface area contributed by atoms with Crippen molar-refractivity contribution in [3.63, 3.8) is 0 Å². The zero-order chi connectivity index (χ0) is 28.5. The zero-order valence-corrected chi connectivity index (χ0v) is 22.5. The number of nitriles is 1. The molecule has 1 atom stereocenters. The molecule has 0 radical (unpaired) electrons. The lowest BCUT2D eigenvalue weighted by molar-refractivity contribution is 0.0445. The number of benzene rings is 3. The molecule has 210 valence electrons. The summed E-state index contributed by atoms with van der Waals surface area (Å²) in [5.41, 5.74) is 3.33. The number of halogens is 1. The van der Waals surface area contributed by atoms with Crippen LogP contribution in [0, 0.1) is 17.1 Å². The molecule has 1 N–H and O–H groups in total. The lowest BCUT2D eigenvalue weighted by Gasteiger charge is -2.32. The fourth-order valence-corrected chi connectivity index (χ4v) is 5.69. The molecule has 10 heteroatoms. The summed E-state index contributed by atoms with van der Waals surface area (Å²) >= 11 is 0. The lowest BCUT2D eigenvalue weighted by atomic mass is 9.88. The van der Waals surface area contributed by atoms with Crippen LogP contribution in [0.15, 0.2) is 54.6 Å². The van der Waals surface area contributed by atoms with Crippen molar-refractivity contribution in [1.29, 1.82) is 5.26 Å². The number of imidazole rings is 1. The average molecular weight is 557 g/mol. The zero-order valence-electron chi connectivity index (χ0n) is 22.5. The van der Waals surface area contributed by atoms with Crippen molar-refractivity contribution < 1.29 is 28.5 Å². The molecule has 3 heterocycles. The summed E-state index contributed by atoms with van der Waals surface area (Å²) in [4.78, 5) is 18.7. The maximum atomic E-state index is 14.7. The molecule has 1 saturated heterocycles. The monoisotopic (exact) mass is 556 g/mol. The van der Waals surface area contributed by atoms with Crippen LogP contribution in [-0.4, -0.2) is 52.3 Å². The van der Waals surface area contributed by atoms with Gasteiger partial charge in [-0.2, -0.15) is 5.26 Å². The minimum Gasteiger partial charge on any atom is -0.478 e. The maximum Gasteiger partial charge on any atom is 0.335 e. The van der Waals surface area contributed by atoms with E-state index in [0.717, 1.165) is 48.4 Å². The number of carboxylic acids is 1. The summed E-state index contributed by atoms with van der Waals surface area (Å²) in [5.74, 6) is 0.863. The number of aromatic carboxylic acids is 1. The third-order valence-corrected chi connectivity index (χ3v) is 7.84. The molecule has 1 aromatic heterocycles. The Morgan fingerprint density at radius 2 is 1.98 bits per heavy atom. The standard InChI is InChI=1S/C31H29FN4O5/c1-39-14-13-36-26-16-21(30(37)38)6-8-25(26)34-28(36)18-35-11-9-20(10-12-35)22-3-2-4-27-29(22)41-31(40-27)23-7-5-19(17-33)15-24(23)32/h2-8,15-16,20,31H,9-14,18H2,1H3,(H,37,38). The predicted octanol–water partition coefficient (Wildman–Crippen LogP) is 5.24. The van der Waals surface area contributed by atoms with E-state index in [-0.39, 0.29) is 22.6 Å². The number of rotatable bonds is 8. The van der Waals surface area contributed by atoms with Gasteiger partial charge in [0.05, 0.1) is 46.9 Å². The number of carboxylic acid groups (broad SMARTS) is 1. The summed E-state index contributed by atoms with van der Waals surface area (Å²) in [6.45, 7) is 3.40. The first kappa shape index (κ1) is 26.7. The van der Waals surface area contributed by atoms with Crippen LogP contribution in [0.3, 0.4) is 0 Å². The number of piperidine rings is 1. The van der Waals surface area contributed by atoms with E-state index < -0.39 is 18.1 Å². The molecule has 2 aliphatic rings. The van der Waals surface area contributed by atoms with Crippen LogP contribution < -0.4 is 9.47 Å². The van der Waals surface area contributed by atoms with Gasteiger partial charge in [0, 0.05) is 19.2 Å². The first-order valence-corrected chi connectivity index (χ1v) is 13.5. The van der Waals surface area contributed by atoms with Crippen LogP contribution in [0.5, 0.6) is 11.5 Å². The number of carbonyl (C=O) groups is 1. The van der Waals surface area contributed by atoms with E-state index in [1.165, 1.54) is 12.1 Å². The Bertz CT molecular complexity index is 1650. The van der Waals surface area contributed by atoms with Gasteiger partial charge in [-0.15, -0.1) is 0 Å². The molecule has 9 nitrogen and oxygen atoms in total. The summed E-state index contributed by atoms with van der Waals surface area (Å²) in [7, 11) is 1.64. The Morgan fingerprint density at radius 3 is 2.71 bits per heavy atom. The Morgan fingerprint density at radius 1 is 1.15 bits per heavy atom. The minimum absolute atomic E-state index is 0.231. The second-order valence-electron chi connectivity index (χ2n) is 10.3. The van der Waals surface area contributed by atoms with Crippen molar-refractivity contribution in [3.8, 4) is 17.6 Å². The highest BCUT2D eigenvalue weighted by molar-refractivity contribution is 5.92. The fourth-order valence-electron chi connectivity index (χ4n) is 5.69. The molecule has 0 bridgehead atoms. The molecular weight excluding hydrogens is 527 g/mol. The highest BCUT2D eigenvalue weighted by Gasteiger charge is 2.33. The van der Waals surface area contributed by atoms with Gasteiger partial charge in [0.1, 0.15) is 11.6 Å². The molecule has 0 amide bonds. The van der Waals surface area contributed by atoms with Crippen molar-refractivity contribution in [2.75, 3.05) is 26.8 Å². The Hall–Kier alpha value is -4.46. The van der Waals surface area contributed by atoms with Crippen LogP contribution in [0.25, 0.3) is 11.0 Å². The van der Waals surface area contributed by atoms with Gasteiger partial charge in [0.2, 0.25) is 0 Å². The van der Waals surface area contributed by atoms with E-state index in [1.807, 2.05) is 24.3 Å². The molecule has 6 rings (SSSR count). The Labute approximate surface area is 236 Å². The largest absolute Gasteiger partial charge is 0.478 e. The van der Waals surface area contributed by atoms with E-state index in [4.69, 9.17) is 24.5 Å².